The summed E-state index contributed by atoms with van der Waals surface area (Å²) in [7, 11) is 0. The third-order valence-electron chi connectivity index (χ3n) is 3.50. The number of rotatable bonds is 6. The smallest absolute Gasteiger partial charge is 0.407 e. The van der Waals surface area contributed by atoms with Crippen LogP contribution in [-0.2, 0) is 11.3 Å². The Kier molecular flexibility index (Phi) is 5.51. The van der Waals surface area contributed by atoms with Gasteiger partial charge in [0.1, 0.15) is 6.61 Å². The molecule has 0 aliphatic carbocycles. The summed E-state index contributed by atoms with van der Waals surface area (Å²) in [6.07, 6.45) is 1.64. The van der Waals surface area contributed by atoms with Gasteiger partial charge in [-0.1, -0.05) is 0 Å². The molecule has 21 heavy (non-hydrogen) atoms. The minimum Gasteiger partial charge on any atom is -0.445 e. The number of non-ortho nitro benzene ring substituents is 1. The van der Waals surface area contributed by atoms with Crippen LogP contribution >= 0.6 is 0 Å². The third kappa shape index (κ3) is 5.03. The summed E-state index contributed by atoms with van der Waals surface area (Å²) >= 11 is 0. The van der Waals surface area contributed by atoms with Crippen molar-refractivity contribution >= 4 is 11.8 Å². The number of amides is 1. The molecule has 1 aliphatic heterocycles. The lowest BCUT2D eigenvalue weighted by molar-refractivity contribution is -0.384. The summed E-state index contributed by atoms with van der Waals surface area (Å²) < 4.78 is 5.06. The van der Waals surface area contributed by atoms with Crippen molar-refractivity contribution in [3.8, 4) is 0 Å². The number of carbonyl (C=O) groups is 1. The molecule has 0 bridgehead atoms. The molecule has 1 aromatic rings. The molecule has 1 heterocycles. The average Bonchev–Trinajstić information content (AvgIpc) is 2.99. The van der Waals surface area contributed by atoms with Crippen LogP contribution < -0.4 is 10.6 Å². The summed E-state index contributed by atoms with van der Waals surface area (Å²) in [5.74, 6) is 0.625. The number of alkyl carbamates (subject to hydrolysis) is 1. The van der Waals surface area contributed by atoms with E-state index in [0.717, 1.165) is 31.5 Å². The Morgan fingerprint density at radius 2 is 2.19 bits per heavy atom. The minimum absolute atomic E-state index is 0.0216. The van der Waals surface area contributed by atoms with E-state index in [1.165, 1.54) is 12.1 Å². The Bertz CT molecular complexity index is 483. The van der Waals surface area contributed by atoms with Gasteiger partial charge in [0.25, 0.3) is 5.69 Å². The Hall–Kier alpha value is -2.15. The van der Waals surface area contributed by atoms with Crippen LogP contribution in [0.5, 0.6) is 0 Å². The van der Waals surface area contributed by atoms with Gasteiger partial charge in [0.05, 0.1) is 4.92 Å². The lowest BCUT2D eigenvalue weighted by Crippen LogP contribution is -2.27. The van der Waals surface area contributed by atoms with Crippen LogP contribution in [0.4, 0.5) is 10.5 Å². The van der Waals surface area contributed by atoms with Crippen LogP contribution in [0.15, 0.2) is 24.3 Å². The van der Waals surface area contributed by atoms with Gasteiger partial charge in [0, 0.05) is 18.7 Å². The Labute approximate surface area is 122 Å². The molecule has 2 rings (SSSR count). The van der Waals surface area contributed by atoms with Gasteiger partial charge in [-0.15, -0.1) is 0 Å². The molecule has 1 aliphatic rings. The molecule has 1 aromatic carbocycles. The van der Waals surface area contributed by atoms with Gasteiger partial charge in [0.15, 0.2) is 0 Å². The first-order valence-electron chi connectivity index (χ1n) is 7.00. The van der Waals surface area contributed by atoms with Crippen molar-refractivity contribution in [2.75, 3.05) is 19.6 Å². The van der Waals surface area contributed by atoms with Crippen LogP contribution in [-0.4, -0.2) is 30.7 Å². The molecule has 7 nitrogen and oxygen atoms in total. The number of nitro benzene ring substituents is 1. The van der Waals surface area contributed by atoms with Crippen molar-refractivity contribution in [2.45, 2.75) is 19.4 Å². The molecule has 0 unspecified atom stereocenters. The van der Waals surface area contributed by atoms with E-state index in [1.54, 1.807) is 12.1 Å². The van der Waals surface area contributed by atoms with E-state index in [-0.39, 0.29) is 12.3 Å². The van der Waals surface area contributed by atoms with E-state index in [9.17, 15) is 14.9 Å². The first-order valence-corrected chi connectivity index (χ1v) is 7.00. The van der Waals surface area contributed by atoms with Crippen LogP contribution in [0.2, 0.25) is 0 Å². The second-order valence-corrected chi connectivity index (χ2v) is 5.07. The van der Waals surface area contributed by atoms with Gasteiger partial charge in [-0.2, -0.15) is 0 Å². The van der Waals surface area contributed by atoms with Crippen molar-refractivity contribution in [1.29, 1.82) is 0 Å². The Morgan fingerprint density at radius 3 is 2.81 bits per heavy atom. The maximum Gasteiger partial charge on any atom is 0.407 e. The quantitative estimate of drug-likeness (QED) is 0.616. The normalized spacial score (nSPS) is 17.4. The van der Waals surface area contributed by atoms with Gasteiger partial charge >= 0.3 is 6.09 Å². The highest BCUT2D eigenvalue weighted by molar-refractivity contribution is 5.67. The number of ether oxygens (including phenoxy) is 1. The summed E-state index contributed by atoms with van der Waals surface area (Å²) in [5.41, 5.74) is 0.740. The summed E-state index contributed by atoms with van der Waals surface area (Å²) in [5, 5.41) is 16.5. The average molecular weight is 293 g/mol. The molecular formula is C14H19N3O4. The highest BCUT2D eigenvalue weighted by Gasteiger charge is 2.14. The first-order chi connectivity index (χ1) is 10.1. The van der Waals surface area contributed by atoms with E-state index < -0.39 is 11.0 Å². The molecule has 1 amide bonds. The Morgan fingerprint density at radius 1 is 1.43 bits per heavy atom. The van der Waals surface area contributed by atoms with Crippen molar-refractivity contribution in [1.82, 2.24) is 10.6 Å². The number of carbonyl (C=O) groups excluding carboxylic acids is 1. The van der Waals surface area contributed by atoms with E-state index in [0.29, 0.717) is 12.5 Å². The highest BCUT2D eigenvalue weighted by atomic mass is 16.6. The number of nitro groups is 1. The van der Waals surface area contributed by atoms with Crippen LogP contribution in [0.25, 0.3) is 0 Å². The molecule has 0 aromatic heterocycles. The largest absolute Gasteiger partial charge is 0.445 e. The molecule has 1 saturated heterocycles. The van der Waals surface area contributed by atoms with Crippen molar-refractivity contribution < 1.29 is 14.5 Å². The zero-order chi connectivity index (χ0) is 15.1. The van der Waals surface area contributed by atoms with Crippen LogP contribution in [0, 0.1) is 16.0 Å². The standard InChI is InChI=1S/C14H19N3O4/c18-14(16-8-6-11-5-7-15-9-11)21-10-12-1-3-13(4-2-12)17(19)20/h1-4,11,15H,5-10H2,(H,16,18)/t11-/m0/s1. The van der Waals surface area contributed by atoms with Gasteiger partial charge in [-0.25, -0.2) is 4.79 Å². The SMILES string of the molecule is O=C(NCC[C@@H]1CCNC1)OCc1ccc([N+](=O)[O-])cc1. The second kappa shape index (κ2) is 7.58. The maximum absolute atomic E-state index is 11.5. The maximum atomic E-state index is 11.5. The van der Waals surface area contributed by atoms with E-state index >= 15 is 0 Å². The fraction of sp³-hybridized carbons (Fsp3) is 0.500. The molecule has 2 N–H and O–H groups in total. The fourth-order valence-electron chi connectivity index (χ4n) is 2.25. The third-order valence-corrected chi connectivity index (χ3v) is 3.50. The molecule has 0 spiro atoms. The monoisotopic (exact) mass is 293 g/mol. The van der Waals surface area contributed by atoms with Crippen molar-refractivity contribution in [3.63, 3.8) is 0 Å². The second-order valence-electron chi connectivity index (χ2n) is 5.07. The van der Waals surface area contributed by atoms with Crippen LogP contribution in [0.3, 0.4) is 0 Å². The molecule has 0 radical (unpaired) electrons. The number of benzene rings is 1. The Balaban J connectivity index is 1.64. The topological polar surface area (TPSA) is 93.5 Å². The first kappa shape index (κ1) is 15.2. The van der Waals surface area contributed by atoms with Gasteiger partial charge in [0.2, 0.25) is 0 Å². The number of hydrogen-bond donors (Lipinski definition) is 2. The zero-order valence-corrected chi connectivity index (χ0v) is 11.7. The fourth-order valence-corrected chi connectivity index (χ4v) is 2.25. The van der Waals surface area contributed by atoms with Gasteiger partial charge < -0.3 is 15.4 Å². The van der Waals surface area contributed by atoms with E-state index in [2.05, 4.69) is 10.6 Å². The van der Waals surface area contributed by atoms with Crippen molar-refractivity contribution in [2.24, 2.45) is 5.92 Å². The minimum atomic E-state index is -0.463. The summed E-state index contributed by atoms with van der Waals surface area (Å²) in [6.45, 7) is 2.77. The van der Waals surface area contributed by atoms with Crippen molar-refractivity contribution in [3.05, 3.63) is 39.9 Å². The van der Waals surface area contributed by atoms with Crippen LogP contribution in [0.1, 0.15) is 18.4 Å². The molecule has 1 atom stereocenters. The van der Waals surface area contributed by atoms with Gasteiger partial charge in [-0.3, -0.25) is 10.1 Å². The predicted octanol–water partition coefficient (Wildman–Crippen LogP) is 1.82. The predicted molar refractivity (Wildman–Crippen MR) is 76.9 cm³/mol. The molecule has 0 saturated carbocycles. The van der Waals surface area contributed by atoms with Gasteiger partial charge in [-0.05, 0) is 49.5 Å². The lowest BCUT2D eigenvalue weighted by Gasteiger charge is -2.10. The molecular weight excluding hydrogens is 274 g/mol. The number of nitrogens with one attached hydrogen (secondary N) is 2. The molecule has 114 valence electrons. The summed E-state index contributed by atoms with van der Waals surface area (Å²) in [4.78, 5) is 21.6. The summed E-state index contributed by atoms with van der Waals surface area (Å²) in [6, 6.07) is 5.94. The number of hydrogen-bond acceptors (Lipinski definition) is 5. The molecule has 1 fully saturated rings. The number of nitrogens with zero attached hydrogens (tertiary/aromatic N) is 1. The van der Waals surface area contributed by atoms with E-state index in [4.69, 9.17) is 4.74 Å². The zero-order valence-electron chi connectivity index (χ0n) is 11.7. The molecule has 7 heteroatoms. The van der Waals surface area contributed by atoms with E-state index in [1.807, 2.05) is 0 Å². The lowest BCUT2D eigenvalue weighted by atomic mass is 10.1. The highest BCUT2D eigenvalue weighted by Crippen LogP contribution is 2.13.